The molecule has 1 aliphatic heterocycles. The highest BCUT2D eigenvalue weighted by Crippen LogP contribution is 2.33. The van der Waals surface area contributed by atoms with E-state index < -0.39 is 0 Å². The van der Waals surface area contributed by atoms with Gasteiger partial charge < -0.3 is 4.98 Å². The monoisotopic (exact) mass is 512 g/mol. The van der Waals surface area contributed by atoms with Crippen LogP contribution in [0.5, 0.6) is 0 Å². The molecule has 9 nitrogen and oxygen atoms in total. The third-order valence-electron chi connectivity index (χ3n) is 8.37. The Labute approximate surface area is 222 Å². The summed E-state index contributed by atoms with van der Waals surface area (Å²) in [5, 5.41) is 14.2. The first kappa shape index (κ1) is 24.9. The lowest BCUT2D eigenvalue weighted by molar-refractivity contribution is 0.0982. The zero-order chi connectivity index (χ0) is 26.1. The molecule has 1 aliphatic carbocycles. The number of tetrazole rings is 1. The van der Waals surface area contributed by atoms with Crippen molar-refractivity contribution in [3.8, 4) is 0 Å². The fourth-order valence-corrected chi connectivity index (χ4v) is 6.09. The van der Waals surface area contributed by atoms with Crippen LogP contribution in [-0.2, 0) is 6.54 Å². The van der Waals surface area contributed by atoms with Crippen molar-refractivity contribution in [2.45, 2.75) is 64.6 Å². The van der Waals surface area contributed by atoms with Crippen LogP contribution in [0.3, 0.4) is 0 Å². The predicted molar refractivity (Wildman–Crippen MR) is 147 cm³/mol. The van der Waals surface area contributed by atoms with Crippen LogP contribution < -0.4 is 5.56 Å². The summed E-state index contributed by atoms with van der Waals surface area (Å²) in [6.45, 7) is 8.52. The van der Waals surface area contributed by atoms with Crippen molar-refractivity contribution in [1.82, 2.24) is 40.0 Å². The number of benzene rings is 1. The number of aryl methyl sites for hydroxylation is 2. The van der Waals surface area contributed by atoms with Crippen LogP contribution in [0.25, 0.3) is 10.9 Å². The minimum atomic E-state index is -0.303. The van der Waals surface area contributed by atoms with Crippen molar-refractivity contribution in [1.29, 1.82) is 0 Å². The summed E-state index contributed by atoms with van der Waals surface area (Å²) < 4.78 is 2.02. The molecule has 9 heteroatoms. The van der Waals surface area contributed by atoms with Crippen LogP contribution in [-0.4, -0.2) is 66.2 Å². The van der Waals surface area contributed by atoms with Gasteiger partial charge in [0.05, 0.1) is 6.04 Å². The van der Waals surface area contributed by atoms with E-state index in [9.17, 15) is 4.79 Å². The van der Waals surface area contributed by atoms with Crippen LogP contribution in [0, 0.1) is 13.8 Å². The van der Waals surface area contributed by atoms with Gasteiger partial charge in [-0.15, -0.1) is 5.10 Å². The normalized spacial score (nSPS) is 18.7. The van der Waals surface area contributed by atoms with Crippen molar-refractivity contribution in [3.63, 3.8) is 0 Å². The third kappa shape index (κ3) is 5.00. The van der Waals surface area contributed by atoms with Gasteiger partial charge in [0.25, 0.3) is 5.56 Å². The summed E-state index contributed by atoms with van der Waals surface area (Å²) >= 11 is 0. The second-order valence-electron chi connectivity index (χ2n) is 10.9. The standard InChI is InChI=1S/C29H36N8O/c1-20-15-23-17-25(29(38)31-26(23)16-21(20)2)27(28-32-33-34-37(28)24-8-4-3-5-9-24)36-13-11-35(12-14-36)19-22-7-6-10-30-18-22/h6-7,10,15-18,24,27H,3-5,8-9,11-14,19H2,1-2H3,(H,31,38)/t27-/m1/s1. The van der Waals surface area contributed by atoms with Gasteiger partial charge in [-0.05, 0) is 83.5 Å². The molecule has 4 aromatic rings. The molecule has 38 heavy (non-hydrogen) atoms. The molecule has 2 aliphatic rings. The Hall–Kier alpha value is -3.43. The van der Waals surface area contributed by atoms with Crippen molar-refractivity contribution < 1.29 is 0 Å². The molecule has 3 aromatic heterocycles. The number of fused-ring (bicyclic) bond motifs is 1. The number of rotatable bonds is 6. The van der Waals surface area contributed by atoms with E-state index in [0.29, 0.717) is 5.56 Å². The number of nitrogens with zero attached hydrogens (tertiary/aromatic N) is 7. The van der Waals surface area contributed by atoms with E-state index in [1.165, 1.54) is 36.0 Å². The Morgan fingerprint density at radius 3 is 2.58 bits per heavy atom. The molecule has 1 aromatic carbocycles. The average Bonchev–Trinajstić information content (AvgIpc) is 3.42. The summed E-state index contributed by atoms with van der Waals surface area (Å²) in [7, 11) is 0. The smallest absolute Gasteiger partial charge is 0.253 e. The Morgan fingerprint density at radius 2 is 1.82 bits per heavy atom. The van der Waals surface area contributed by atoms with E-state index in [-0.39, 0.29) is 17.6 Å². The number of pyridine rings is 2. The first-order valence-electron chi connectivity index (χ1n) is 13.8. The molecule has 0 radical (unpaired) electrons. The Morgan fingerprint density at radius 1 is 1.03 bits per heavy atom. The van der Waals surface area contributed by atoms with Gasteiger partial charge in [0, 0.05) is 56.2 Å². The third-order valence-corrected chi connectivity index (χ3v) is 8.37. The largest absolute Gasteiger partial charge is 0.322 e. The highest BCUT2D eigenvalue weighted by atomic mass is 16.1. The van der Waals surface area contributed by atoms with Crippen LogP contribution in [0.15, 0.2) is 47.5 Å². The lowest BCUT2D eigenvalue weighted by atomic mass is 9.95. The lowest BCUT2D eigenvalue weighted by Crippen LogP contribution is -2.48. The van der Waals surface area contributed by atoms with Gasteiger partial charge in [0.15, 0.2) is 5.82 Å². The highest BCUT2D eigenvalue weighted by molar-refractivity contribution is 5.81. The predicted octanol–water partition coefficient (Wildman–Crippen LogP) is 3.94. The summed E-state index contributed by atoms with van der Waals surface area (Å²) in [5.41, 5.74) is 5.12. The van der Waals surface area contributed by atoms with E-state index in [4.69, 9.17) is 0 Å². The minimum Gasteiger partial charge on any atom is -0.322 e. The van der Waals surface area contributed by atoms with Crippen molar-refractivity contribution in [2.75, 3.05) is 26.2 Å². The van der Waals surface area contributed by atoms with Gasteiger partial charge in [-0.3, -0.25) is 19.6 Å². The SMILES string of the molecule is Cc1cc2cc([C@H](c3nnnn3C3CCCCC3)N3CCN(Cc4cccnc4)CC3)c(=O)[nH]c2cc1C. The Balaban J connectivity index is 1.36. The van der Waals surface area contributed by atoms with Gasteiger partial charge in [-0.25, -0.2) is 4.68 Å². The lowest BCUT2D eigenvalue weighted by Gasteiger charge is -2.39. The molecule has 0 spiro atoms. The van der Waals surface area contributed by atoms with Crippen LogP contribution in [0.1, 0.15) is 72.3 Å². The van der Waals surface area contributed by atoms with Crippen LogP contribution in [0.2, 0.25) is 0 Å². The molecule has 198 valence electrons. The number of hydrogen-bond acceptors (Lipinski definition) is 7. The molecule has 1 N–H and O–H groups in total. The highest BCUT2D eigenvalue weighted by Gasteiger charge is 2.34. The van der Waals surface area contributed by atoms with Crippen molar-refractivity contribution in [2.24, 2.45) is 0 Å². The average molecular weight is 513 g/mol. The van der Waals surface area contributed by atoms with E-state index in [2.05, 4.69) is 73.4 Å². The number of H-pyrrole nitrogens is 1. The number of piperazine rings is 1. The van der Waals surface area contributed by atoms with E-state index >= 15 is 0 Å². The van der Waals surface area contributed by atoms with Crippen molar-refractivity contribution >= 4 is 10.9 Å². The second kappa shape index (κ2) is 10.7. The fourth-order valence-electron chi connectivity index (χ4n) is 6.09. The molecular weight excluding hydrogens is 476 g/mol. The molecule has 4 heterocycles. The second-order valence-corrected chi connectivity index (χ2v) is 10.9. The first-order chi connectivity index (χ1) is 18.6. The van der Waals surface area contributed by atoms with Gasteiger partial charge in [0.1, 0.15) is 6.04 Å². The zero-order valence-electron chi connectivity index (χ0n) is 22.3. The summed E-state index contributed by atoms with van der Waals surface area (Å²) in [6.07, 6.45) is 9.55. The molecule has 0 amide bonds. The topological polar surface area (TPSA) is 95.8 Å². The van der Waals surface area contributed by atoms with Gasteiger partial charge in [-0.2, -0.15) is 0 Å². The molecule has 1 saturated heterocycles. The molecule has 0 unspecified atom stereocenters. The van der Waals surface area contributed by atoms with Gasteiger partial charge in [-0.1, -0.05) is 25.3 Å². The molecule has 2 fully saturated rings. The quantitative estimate of drug-likeness (QED) is 0.418. The fraction of sp³-hybridized carbons (Fsp3) is 0.483. The van der Waals surface area contributed by atoms with E-state index in [1.54, 1.807) is 0 Å². The number of nitrogens with one attached hydrogen (secondary N) is 1. The molecule has 0 bridgehead atoms. The van der Waals surface area contributed by atoms with E-state index in [1.807, 2.05) is 23.1 Å². The Bertz CT molecular complexity index is 1450. The van der Waals surface area contributed by atoms with Gasteiger partial charge >= 0.3 is 0 Å². The zero-order valence-corrected chi connectivity index (χ0v) is 22.3. The van der Waals surface area contributed by atoms with Gasteiger partial charge in [0.2, 0.25) is 0 Å². The van der Waals surface area contributed by atoms with Crippen LogP contribution >= 0.6 is 0 Å². The molecule has 6 rings (SSSR count). The number of aromatic nitrogens is 6. The number of aromatic amines is 1. The summed E-state index contributed by atoms with van der Waals surface area (Å²) in [6, 6.07) is 10.4. The minimum absolute atomic E-state index is 0.0678. The van der Waals surface area contributed by atoms with Crippen LogP contribution in [0.4, 0.5) is 0 Å². The maximum absolute atomic E-state index is 13.6. The maximum atomic E-state index is 13.6. The maximum Gasteiger partial charge on any atom is 0.253 e. The summed E-state index contributed by atoms with van der Waals surface area (Å²) in [4.78, 5) is 25.9. The number of hydrogen-bond donors (Lipinski definition) is 1. The molecule has 1 saturated carbocycles. The molecule has 1 atom stereocenters. The summed E-state index contributed by atoms with van der Waals surface area (Å²) in [5.74, 6) is 0.784. The van der Waals surface area contributed by atoms with Crippen molar-refractivity contribution in [3.05, 3.63) is 81.2 Å². The molecular formula is C29H36N8O. The first-order valence-corrected chi connectivity index (χ1v) is 13.8. The Kier molecular flexibility index (Phi) is 7.04. The van der Waals surface area contributed by atoms with E-state index in [0.717, 1.165) is 62.3 Å².